The fraction of sp³-hybridized carbons (Fsp3) is 0.100. The van der Waals surface area contributed by atoms with Crippen molar-refractivity contribution < 1.29 is 9.21 Å². The molecule has 0 fully saturated rings. The molecule has 0 radical (unpaired) electrons. The number of hydrogen-bond acceptors (Lipinski definition) is 5. The molecule has 7 heteroatoms. The lowest BCUT2D eigenvalue weighted by Gasteiger charge is -2.11. The van der Waals surface area contributed by atoms with E-state index in [1.54, 1.807) is 24.5 Å². The summed E-state index contributed by atoms with van der Waals surface area (Å²) in [5, 5.41) is 8.58. The second-order valence-electron chi connectivity index (χ2n) is 6.01. The summed E-state index contributed by atoms with van der Waals surface area (Å²) in [6.45, 7) is 0.498. The van der Waals surface area contributed by atoms with Crippen LogP contribution in [-0.2, 0) is 13.1 Å². The second kappa shape index (κ2) is 7.25. The van der Waals surface area contributed by atoms with E-state index in [4.69, 9.17) is 4.42 Å². The lowest BCUT2D eigenvalue weighted by atomic mass is 10.1. The van der Waals surface area contributed by atoms with Crippen molar-refractivity contribution in [1.29, 1.82) is 0 Å². The number of furan rings is 1. The molecule has 0 unspecified atom stereocenters. The van der Waals surface area contributed by atoms with Crippen molar-refractivity contribution in [3.05, 3.63) is 94.6 Å². The van der Waals surface area contributed by atoms with Gasteiger partial charge in [0.05, 0.1) is 36.0 Å². The Morgan fingerprint density at radius 3 is 2.70 bits per heavy atom. The van der Waals surface area contributed by atoms with E-state index in [1.807, 2.05) is 30.3 Å². The Morgan fingerprint density at radius 2 is 1.96 bits per heavy atom. The third kappa shape index (κ3) is 3.48. The number of benzene rings is 1. The number of carbonyl (C=O) groups excluding carboxylic acids is 1. The molecule has 0 saturated carbocycles. The molecule has 3 aromatic heterocycles. The third-order valence-electron chi connectivity index (χ3n) is 4.20. The van der Waals surface area contributed by atoms with Crippen molar-refractivity contribution in [3.63, 3.8) is 0 Å². The maximum Gasteiger partial charge on any atom is 0.274 e. The number of fused-ring (bicyclic) bond motifs is 1. The van der Waals surface area contributed by atoms with Crippen molar-refractivity contribution in [2.75, 3.05) is 0 Å². The third-order valence-corrected chi connectivity index (χ3v) is 4.20. The molecule has 0 atom stereocenters. The van der Waals surface area contributed by atoms with E-state index in [0.717, 1.165) is 10.9 Å². The van der Waals surface area contributed by atoms with Crippen LogP contribution >= 0.6 is 0 Å². The van der Waals surface area contributed by atoms with Gasteiger partial charge in [0.2, 0.25) is 0 Å². The number of amides is 1. The fourth-order valence-electron chi connectivity index (χ4n) is 2.87. The normalized spacial score (nSPS) is 10.8. The zero-order chi connectivity index (χ0) is 18.6. The predicted octanol–water partition coefficient (Wildman–Crippen LogP) is 2.36. The van der Waals surface area contributed by atoms with Gasteiger partial charge < -0.3 is 9.73 Å². The molecule has 0 aliphatic rings. The summed E-state index contributed by atoms with van der Waals surface area (Å²) in [6, 6.07) is 12.5. The van der Waals surface area contributed by atoms with Gasteiger partial charge in [-0.3, -0.25) is 14.6 Å². The van der Waals surface area contributed by atoms with Gasteiger partial charge in [-0.1, -0.05) is 24.3 Å². The van der Waals surface area contributed by atoms with Gasteiger partial charge in [0.1, 0.15) is 6.26 Å². The van der Waals surface area contributed by atoms with Crippen molar-refractivity contribution in [2.24, 2.45) is 0 Å². The Morgan fingerprint density at radius 1 is 1.11 bits per heavy atom. The molecular formula is C20H16N4O3. The molecule has 27 heavy (non-hydrogen) atoms. The number of pyridine rings is 1. The fourth-order valence-corrected chi connectivity index (χ4v) is 2.87. The van der Waals surface area contributed by atoms with Crippen molar-refractivity contribution in [2.45, 2.75) is 13.1 Å². The molecule has 0 saturated heterocycles. The standard InChI is InChI=1S/C20H16N4O3/c25-19(15-7-9-27-13-15)22-11-18-16-5-1-2-6-17(16)20(26)24(23-18)12-14-4-3-8-21-10-14/h1-10,13H,11-12H2,(H,22,25). The minimum atomic E-state index is -0.264. The van der Waals surface area contributed by atoms with Gasteiger partial charge in [0, 0.05) is 17.8 Å². The van der Waals surface area contributed by atoms with E-state index in [2.05, 4.69) is 15.4 Å². The number of nitrogens with one attached hydrogen (secondary N) is 1. The Labute approximate surface area is 154 Å². The summed E-state index contributed by atoms with van der Waals surface area (Å²) in [5.74, 6) is -0.264. The first-order chi connectivity index (χ1) is 13.2. The van der Waals surface area contributed by atoms with Gasteiger partial charge in [-0.2, -0.15) is 5.10 Å². The summed E-state index contributed by atoms with van der Waals surface area (Å²) in [5.41, 5.74) is 1.74. The van der Waals surface area contributed by atoms with Crippen LogP contribution in [0, 0.1) is 0 Å². The van der Waals surface area contributed by atoms with Crippen molar-refractivity contribution in [1.82, 2.24) is 20.1 Å². The average molecular weight is 360 g/mol. The van der Waals surface area contributed by atoms with E-state index < -0.39 is 0 Å². The minimum Gasteiger partial charge on any atom is -0.472 e. The quantitative estimate of drug-likeness (QED) is 0.590. The van der Waals surface area contributed by atoms with Gasteiger partial charge in [-0.25, -0.2) is 4.68 Å². The summed E-state index contributed by atoms with van der Waals surface area (Å²) < 4.78 is 6.33. The smallest absolute Gasteiger partial charge is 0.274 e. The van der Waals surface area contributed by atoms with E-state index in [0.29, 0.717) is 23.2 Å². The van der Waals surface area contributed by atoms with Crippen LogP contribution in [-0.4, -0.2) is 20.7 Å². The first-order valence-electron chi connectivity index (χ1n) is 8.40. The van der Waals surface area contributed by atoms with Crippen LogP contribution in [0.4, 0.5) is 0 Å². The zero-order valence-electron chi connectivity index (χ0n) is 14.3. The Bertz CT molecular complexity index is 1140. The largest absolute Gasteiger partial charge is 0.472 e. The van der Waals surface area contributed by atoms with E-state index in [1.165, 1.54) is 17.2 Å². The maximum atomic E-state index is 12.8. The minimum absolute atomic E-state index is 0.181. The SMILES string of the molecule is O=C(NCc1nn(Cc2cccnc2)c(=O)c2ccccc12)c1ccoc1. The summed E-state index contributed by atoms with van der Waals surface area (Å²) in [7, 11) is 0. The van der Waals surface area contributed by atoms with Crippen LogP contribution in [0.1, 0.15) is 21.6 Å². The average Bonchev–Trinajstić information content (AvgIpc) is 3.25. The Balaban J connectivity index is 1.69. The number of nitrogens with zero attached hydrogens (tertiary/aromatic N) is 3. The van der Waals surface area contributed by atoms with Crippen LogP contribution in [0.25, 0.3) is 10.8 Å². The molecule has 4 aromatic rings. The number of carbonyl (C=O) groups is 1. The number of aromatic nitrogens is 3. The summed E-state index contributed by atoms with van der Waals surface area (Å²) >= 11 is 0. The number of hydrogen-bond donors (Lipinski definition) is 1. The first kappa shape index (κ1) is 16.7. The van der Waals surface area contributed by atoms with Gasteiger partial charge in [0.15, 0.2) is 0 Å². The van der Waals surface area contributed by atoms with Crippen LogP contribution < -0.4 is 10.9 Å². The van der Waals surface area contributed by atoms with Crippen LogP contribution in [0.5, 0.6) is 0 Å². The lowest BCUT2D eigenvalue weighted by Crippen LogP contribution is -2.28. The molecule has 0 bridgehead atoms. The van der Waals surface area contributed by atoms with E-state index in [9.17, 15) is 9.59 Å². The lowest BCUT2D eigenvalue weighted by molar-refractivity contribution is 0.0949. The molecule has 4 rings (SSSR count). The number of rotatable bonds is 5. The van der Waals surface area contributed by atoms with Gasteiger partial charge >= 0.3 is 0 Å². The predicted molar refractivity (Wildman–Crippen MR) is 99.2 cm³/mol. The van der Waals surface area contributed by atoms with Crippen LogP contribution in [0.15, 0.2) is 76.6 Å². The molecule has 7 nitrogen and oxygen atoms in total. The molecule has 1 N–H and O–H groups in total. The molecule has 0 aliphatic heterocycles. The zero-order valence-corrected chi connectivity index (χ0v) is 14.3. The van der Waals surface area contributed by atoms with Crippen molar-refractivity contribution in [3.8, 4) is 0 Å². The monoisotopic (exact) mass is 360 g/mol. The molecule has 0 spiro atoms. The highest BCUT2D eigenvalue weighted by atomic mass is 16.3. The maximum absolute atomic E-state index is 12.8. The van der Waals surface area contributed by atoms with Crippen molar-refractivity contribution >= 4 is 16.7 Å². The topological polar surface area (TPSA) is 90.0 Å². The van der Waals surface area contributed by atoms with Crippen LogP contribution in [0.3, 0.4) is 0 Å². The molecule has 3 heterocycles. The van der Waals surface area contributed by atoms with E-state index in [-0.39, 0.29) is 18.0 Å². The van der Waals surface area contributed by atoms with Gasteiger partial charge in [-0.05, 0) is 23.8 Å². The Kier molecular flexibility index (Phi) is 4.49. The van der Waals surface area contributed by atoms with Crippen LogP contribution in [0.2, 0.25) is 0 Å². The highest BCUT2D eigenvalue weighted by Crippen LogP contribution is 2.14. The molecule has 134 valence electrons. The summed E-state index contributed by atoms with van der Waals surface area (Å²) in [4.78, 5) is 29.0. The highest BCUT2D eigenvalue weighted by molar-refractivity contribution is 5.94. The van der Waals surface area contributed by atoms with E-state index >= 15 is 0 Å². The van der Waals surface area contributed by atoms with Gasteiger partial charge in [0.25, 0.3) is 11.5 Å². The van der Waals surface area contributed by atoms with Gasteiger partial charge in [-0.15, -0.1) is 0 Å². The molecular weight excluding hydrogens is 344 g/mol. The molecule has 0 aliphatic carbocycles. The summed E-state index contributed by atoms with van der Waals surface area (Å²) in [6.07, 6.45) is 6.20. The second-order valence-corrected chi connectivity index (χ2v) is 6.01. The highest BCUT2D eigenvalue weighted by Gasteiger charge is 2.13. The first-order valence-corrected chi connectivity index (χ1v) is 8.40. The Hall–Kier alpha value is -3.74. The molecule has 1 aromatic carbocycles. The molecule has 1 amide bonds.